The molecule has 2 nitrogen and oxygen atoms in total. The topological polar surface area (TPSA) is 17.8 Å². The lowest BCUT2D eigenvalue weighted by molar-refractivity contribution is 1.07. The molecule has 3 aromatic rings. The lowest BCUT2D eigenvalue weighted by atomic mass is 10.2. The number of hydrogen-bond donors (Lipinski definition) is 0. The zero-order valence-electron chi connectivity index (χ0n) is 9.39. The first-order valence-electron chi connectivity index (χ1n) is 5.45. The predicted octanol–water partition coefficient (Wildman–Crippen LogP) is 3.99. The monoisotopic (exact) mass is 242 g/mol. The fraction of sp³-hybridized carbons (Fsp3) is 0.0714. The van der Waals surface area contributed by atoms with Crippen LogP contribution in [0.15, 0.2) is 48.8 Å². The highest BCUT2D eigenvalue weighted by Gasteiger charge is 2.09. The maximum atomic E-state index is 6.27. The molecule has 0 spiro atoms. The van der Waals surface area contributed by atoms with Gasteiger partial charge in [-0.1, -0.05) is 23.7 Å². The van der Waals surface area contributed by atoms with Crippen LogP contribution in [0.25, 0.3) is 16.7 Å². The lowest BCUT2D eigenvalue weighted by Crippen LogP contribution is -1.97. The fourth-order valence-electron chi connectivity index (χ4n) is 2.07. The Kier molecular flexibility index (Phi) is 2.37. The summed E-state index contributed by atoms with van der Waals surface area (Å²) >= 11 is 6.27. The summed E-state index contributed by atoms with van der Waals surface area (Å²) in [6.45, 7) is 2.05. The van der Waals surface area contributed by atoms with Gasteiger partial charge in [0.2, 0.25) is 0 Å². The molecule has 0 aliphatic heterocycles. The molecule has 0 atom stereocenters. The third-order valence-electron chi connectivity index (χ3n) is 2.88. The molecular formula is C14H11ClN2. The molecular weight excluding hydrogens is 232 g/mol. The zero-order chi connectivity index (χ0) is 11.8. The molecule has 84 valence electrons. The van der Waals surface area contributed by atoms with Crippen molar-refractivity contribution in [1.82, 2.24) is 9.55 Å². The van der Waals surface area contributed by atoms with Crippen molar-refractivity contribution in [2.24, 2.45) is 0 Å². The van der Waals surface area contributed by atoms with Crippen LogP contribution in [-0.2, 0) is 0 Å². The quantitative estimate of drug-likeness (QED) is 0.631. The number of fused-ring (bicyclic) bond motifs is 1. The standard InChI is InChI=1S/C14H11ClN2/c1-10-4-2-6-12(15)13(10)17-9-7-11-5-3-8-16-14(11)17/h2-9H,1H3. The van der Waals surface area contributed by atoms with Crippen LogP contribution in [-0.4, -0.2) is 9.55 Å². The second kappa shape index (κ2) is 3.90. The van der Waals surface area contributed by atoms with E-state index in [9.17, 15) is 0 Å². The van der Waals surface area contributed by atoms with Crippen LogP contribution in [0, 0.1) is 6.92 Å². The summed E-state index contributed by atoms with van der Waals surface area (Å²) in [5.41, 5.74) is 3.08. The first kappa shape index (κ1) is 10.4. The highest BCUT2D eigenvalue weighted by molar-refractivity contribution is 6.32. The first-order chi connectivity index (χ1) is 8.27. The van der Waals surface area contributed by atoms with Crippen molar-refractivity contribution in [3.8, 4) is 5.69 Å². The molecule has 0 amide bonds. The SMILES string of the molecule is Cc1cccc(Cl)c1-n1ccc2cccnc21. The van der Waals surface area contributed by atoms with Crippen LogP contribution in [0.3, 0.4) is 0 Å². The summed E-state index contributed by atoms with van der Waals surface area (Å²) in [7, 11) is 0. The highest BCUT2D eigenvalue weighted by Crippen LogP contribution is 2.27. The largest absolute Gasteiger partial charge is 0.300 e. The van der Waals surface area contributed by atoms with Crippen LogP contribution >= 0.6 is 11.6 Å². The van der Waals surface area contributed by atoms with E-state index < -0.39 is 0 Å². The van der Waals surface area contributed by atoms with Gasteiger partial charge >= 0.3 is 0 Å². The van der Waals surface area contributed by atoms with Crippen LogP contribution < -0.4 is 0 Å². The minimum absolute atomic E-state index is 0.744. The molecule has 0 radical (unpaired) electrons. The van der Waals surface area contributed by atoms with Gasteiger partial charge in [-0.25, -0.2) is 4.98 Å². The number of benzene rings is 1. The third kappa shape index (κ3) is 1.61. The summed E-state index contributed by atoms with van der Waals surface area (Å²) in [5, 5.41) is 1.86. The maximum absolute atomic E-state index is 6.27. The van der Waals surface area contributed by atoms with Crippen molar-refractivity contribution < 1.29 is 0 Å². The van der Waals surface area contributed by atoms with Gasteiger partial charge < -0.3 is 0 Å². The average Bonchev–Trinajstić information content (AvgIpc) is 2.73. The van der Waals surface area contributed by atoms with E-state index >= 15 is 0 Å². The Morgan fingerprint density at radius 2 is 2.00 bits per heavy atom. The number of aromatic nitrogens is 2. The highest BCUT2D eigenvalue weighted by atomic mass is 35.5. The number of pyridine rings is 1. The molecule has 3 heteroatoms. The summed E-state index contributed by atoms with van der Waals surface area (Å²) in [4.78, 5) is 4.40. The van der Waals surface area contributed by atoms with E-state index in [0.29, 0.717) is 0 Å². The van der Waals surface area contributed by atoms with E-state index in [1.165, 1.54) is 0 Å². The van der Waals surface area contributed by atoms with Gasteiger partial charge in [0.25, 0.3) is 0 Å². The molecule has 1 aromatic carbocycles. The molecule has 0 unspecified atom stereocenters. The van der Waals surface area contributed by atoms with Gasteiger partial charge in [-0.15, -0.1) is 0 Å². The zero-order valence-corrected chi connectivity index (χ0v) is 10.1. The molecule has 2 heterocycles. The third-order valence-corrected chi connectivity index (χ3v) is 3.18. The molecule has 0 aliphatic carbocycles. The summed E-state index contributed by atoms with van der Waals surface area (Å²) in [6, 6.07) is 11.9. The number of para-hydroxylation sites is 1. The Labute approximate surface area is 104 Å². The molecule has 0 saturated heterocycles. The molecule has 0 saturated carbocycles. The average molecular weight is 243 g/mol. The Morgan fingerprint density at radius 3 is 2.82 bits per heavy atom. The number of hydrogen-bond acceptors (Lipinski definition) is 1. The van der Waals surface area contributed by atoms with Crippen molar-refractivity contribution in [3.05, 3.63) is 59.4 Å². The Bertz CT molecular complexity index is 665. The van der Waals surface area contributed by atoms with Crippen LogP contribution in [0.5, 0.6) is 0 Å². The number of rotatable bonds is 1. The van der Waals surface area contributed by atoms with Gasteiger partial charge in [0.05, 0.1) is 10.7 Å². The maximum Gasteiger partial charge on any atom is 0.144 e. The second-order valence-corrected chi connectivity index (χ2v) is 4.41. The molecule has 0 fully saturated rings. The van der Waals surface area contributed by atoms with E-state index in [4.69, 9.17) is 11.6 Å². The molecule has 0 bridgehead atoms. The van der Waals surface area contributed by atoms with E-state index in [-0.39, 0.29) is 0 Å². The van der Waals surface area contributed by atoms with Gasteiger partial charge in [-0.3, -0.25) is 4.57 Å². The van der Waals surface area contributed by atoms with Crippen LogP contribution in [0.1, 0.15) is 5.56 Å². The molecule has 3 rings (SSSR count). The molecule has 17 heavy (non-hydrogen) atoms. The molecule has 2 aromatic heterocycles. The van der Waals surface area contributed by atoms with E-state index in [1.54, 1.807) is 6.20 Å². The summed E-state index contributed by atoms with van der Waals surface area (Å²) in [5.74, 6) is 0. The van der Waals surface area contributed by atoms with Gasteiger partial charge in [0.15, 0.2) is 0 Å². The number of nitrogens with zero attached hydrogens (tertiary/aromatic N) is 2. The van der Waals surface area contributed by atoms with Gasteiger partial charge in [-0.05, 0) is 36.8 Å². The van der Waals surface area contributed by atoms with Gasteiger partial charge in [-0.2, -0.15) is 0 Å². The minimum atomic E-state index is 0.744. The van der Waals surface area contributed by atoms with Crippen molar-refractivity contribution in [2.75, 3.05) is 0 Å². The second-order valence-electron chi connectivity index (χ2n) is 4.01. The Balaban J connectivity index is 2.35. The van der Waals surface area contributed by atoms with Crippen molar-refractivity contribution in [3.63, 3.8) is 0 Å². The smallest absolute Gasteiger partial charge is 0.144 e. The summed E-state index contributed by atoms with van der Waals surface area (Å²) < 4.78 is 2.03. The summed E-state index contributed by atoms with van der Waals surface area (Å²) in [6.07, 6.45) is 3.80. The Morgan fingerprint density at radius 1 is 1.12 bits per heavy atom. The molecule has 0 aliphatic rings. The van der Waals surface area contributed by atoms with E-state index in [2.05, 4.69) is 18.0 Å². The fourth-order valence-corrected chi connectivity index (χ4v) is 2.39. The van der Waals surface area contributed by atoms with Gasteiger partial charge in [0.1, 0.15) is 5.65 Å². The lowest BCUT2D eigenvalue weighted by Gasteiger charge is -2.10. The van der Waals surface area contributed by atoms with E-state index in [0.717, 1.165) is 27.3 Å². The minimum Gasteiger partial charge on any atom is -0.300 e. The van der Waals surface area contributed by atoms with Crippen molar-refractivity contribution in [2.45, 2.75) is 6.92 Å². The number of halogens is 1. The normalized spacial score (nSPS) is 10.9. The van der Waals surface area contributed by atoms with Crippen LogP contribution in [0.2, 0.25) is 5.02 Å². The van der Waals surface area contributed by atoms with Gasteiger partial charge in [0, 0.05) is 17.8 Å². The van der Waals surface area contributed by atoms with Crippen LogP contribution in [0.4, 0.5) is 0 Å². The van der Waals surface area contributed by atoms with E-state index in [1.807, 2.05) is 41.1 Å². The van der Waals surface area contributed by atoms with Crippen molar-refractivity contribution in [1.29, 1.82) is 0 Å². The van der Waals surface area contributed by atoms with Crippen molar-refractivity contribution >= 4 is 22.6 Å². The first-order valence-corrected chi connectivity index (χ1v) is 5.83. The molecule has 0 N–H and O–H groups in total. The number of aryl methyl sites for hydroxylation is 1. The Hall–Kier alpha value is -1.80. The predicted molar refractivity (Wildman–Crippen MR) is 70.8 cm³/mol.